The number of aryl methyl sites for hydroxylation is 1. The molecule has 0 spiro atoms. The fourth-order valence-corrected chi connectivity index (χ4v) is 4.43. The van der Waals surface area contributed by atoms with Gasteiger partial charge in [-0.25, -0.2) is 9.37 Å². The van der Waals surface area contributed by atoms with E-state index in [1.54, 1.807) is 30.7 Å². The molecule has 0 bridgehead atoms. The lowest BCUT2D eigenvalue weighted by molar-refractivity contribution is 0.104. The van der Waals surface area contributed by atoms with Crippen LogP contribution in [0.15, 0.2) is 91.4 Å². The summed E-state index contributed by atoms with van der Waals surface area (Å²) in [6.45, 7) is 1.95. The number of nitrogens with zero attached hydrogens (tertiary/aromatic N) is 3. The minimum absolute atomic E-state index is 0.0521. The largest absolute Gasteiger partial charge is 0.360 e. The summed E-state index contributed by atoms with van der Waals surface area (Å²) in [5, 5.41) is 0.851. The lowest BCUT2D eigenvalue weighted by Crippen LogP contribution is -2.02. The number of hydrogen-bond donors (Lipinski definition) is 1. The number of benzene rings is 3. The number of carbonyl (C=O) groups excluding carboxylic acids is 1. The molecule has 3 heterocycles. The Morgan fingerprint density at radius 1 is 0.941 bits per heavy atom. The molecule has 5 nitrogen and oxygen atoms in total. The predicted molar refractivity (Wildman–Crippen MR) is 131 cm³/mol. The first kappa shape index (κ1) is 20.1. The van der Waals surface area contributed by atoms with Crippen LogP contribution in [0.5, 0.6) is 0 Å². The normalized spacial score (nSPS) is 11.4. The van der Waals surface area contributed by atoms with Gasteiger partial charge < -0.3 is 4.98 Å². The van der Waals surface area contributed by atoms with Crippen molar-refractivity contribution in [3.05, 3.63) is 114 Å². The summed E-state index contributed by atoms with van der Waals surface area (Å²) in [6.07, 6.45) is 5.24. The van der Waals surface area contributed by atoms with Crippen molar-refractivity contribution in [1.29, 1.82) is 0 Å². The van der Waals surface area contributed by atoms with Crippen molar-refractivity contribution in [3.63, 3.8) is 0 Å². The first-order valence-corrected chi connectivity index (χ1v) is 10.9. The number of fused-ring (bicyclic) bond motifs is 2. The Kier molecular flexibility index (Phi) is 4.59. The molecule has 34 heavy (non-hydrogen) atoms. The molecule has 0 saturated heterocycles. The lowest BCUT2D eigenvalue weighted by Gasteiger charge is -2.08. The number of imidazole rings is 1. The third-order valence-corrected chi connectivity index (χ3v) is 6.12. The Balaban J connectivity index is 1.33. The fourth-order valence-electron chi connectivity index (χ4n) is 4.43. The van der Waals surface area contributed by atoms with E-state index >= 15 is 0 Å². The number of pyridine rings is 1. The Labute approximate surface area is 194 Å². The number of aromatic amines is 1. The summed E-state index contributed by atoms with van der Waals surface area (Å²) in [4.78, 5) is 25.2. The Hall–Kier alpha value is -4.58. The molecule has 0 amide bonds. The third-order valence-electron chi connectivity index (χ3n) is 6.12. The number of hydrogen-bond acceptors (Lipinski definition) is 3. The van der Waals surface area contributed by atoms with Crippen LogP contribution in [0.4, 0.5) is 4.39 Å². The van der Waals surface area contributed by atoms with Crippen molar-refractivity contribution in [1.82, 2.24) is 19.5 Å². The van der Waals surface area contributed by atoms with Crippen LogP contribution in [0.2, 0.25) is 0 Å². The van der Waals surface area contributed by atoms with E-state index in [-0.39, 0.29) is 11.6 Å². The first-order valence-electron chi connectivity index (χ1n) is 10.9. The van der Waals surface area contributed by atoms with Crippen LogP contribution in [0, 0.1) is 12.7 Å². The zero-order chi connectivity index (χ0) is 23.2. The average Bonchev–Trinajstić information content (AvgIpc) is 3.44. The number of H-pyrrole nitrogens is 1. The van der Waals surface area contributed by atoms with E-state index < -0.39 is 0 Å². The molecule has 0 unspecified atom stereocenters. The second-order valence-electron chi connectivity index (χ2n) is 8.20. The number of nitrogens with one attached hydrogen (secondary N) is 1. The van der Waals surface area contributed by atoms with Gasteiger partial charge in [-0.15, -0.1) is 0 Å². The molecular formula is C28H19FN4O. The van der Waals surface area contributed by atoms with E-state index in [0.29, 0.717) is 11.1 Å². The minimum Gasteiger partial charge on any atom is -0.360 e. The molecule has 0 fully saturated rings. The molecule has 3 aromatic heterocycles. The second kappa shape index (κ2) is 7.78. The summed E-state index contributed by atoms with van der Waals surface area (Å²) in [7, 11) is 0. The lowest BCUT2D eigenvalue weighted by atomic mass is 9.99. The molecular weight excluding hydrogens is 427 g/mol. The molecule has 3 aromatic carbocycles. The smallest absolute Gasteiger partial charge is 0.195 e. The molecule has 164 valence electrons. The standard InChI is InChI=1S/C28H19FN4O/c1-17-32-26-16-30-13-12-27(26)33(17)22-9-4-19(5-10-22)28(34)24-15-31-25-14-20(6-11-23(24)25)18-2-7-21(29)8-3-18/h2-16,31H,1H3. The summed E-state index contributed by atoms with van der Waals surface area (Å²) >= 11 is 0. The SMILES string of the molecule is Cc1nc2cnccc2n1-c1ccc(C(=O)c2c[nH]c3cc(-c4ccc(F)cc4)ccc23)cc1. The Bertz CT molecular complexity index is 1680. The molecule has 1 N–H and O–H groups in total. The van der Waals surface area contributed by atoms with Gasteiger partial charge in [0.05, 0.1) is 11.7 Å². The van der Waals surface area contributed by atoms with Crippen LogP contribution in [0.3, 0.4) is 0 Å². The third kappa shape index (κ3) is 3.28. The van der Waals surface area contributed by atoms with Gasteiger partial charge in [0.25, 0.3) is 0 Å². The van der Waals surface area contributed by atoms with Gasteiger partial charge in [-0.3, -0.25) is 14.3 Å². The van der Waals surface area contributed by atoms with Gasteiger partial charge in [0.15, 0.2) is 5.78 Å². The fraction of sp³-hybridized carbons (Fsp3) is 0.0357. The zero-order valence-corrected chi connectivity index (χ0v) is 18.3. The second-order valence-corrected chi connectivity index (χ2v) is 8.20. The molecule has 0 radical (unpaired) electrons. The maximum Gasteiger partial charge on any atom is 0.195 e. The zero-order valence-electron chi connectivity index (χ0n) is 18.3. The summed E-state index contributed by atoms with van der Waals surface area (Å²) in [6, 6.07) is 21.7. The van der Waals surface area contributed by atoms with Crippen LogP contribution in [-0.4, -0.2) is 25.3 Å². The van der Waals surface area contributed by atoms with Gasteiger partial charge >= 0.3 is 0 Å². The molecule has 6 aromatic rings. The van der Waals surface area contributed by atoms with Crippen molar-refractivity contribution in [2.45, 2.75) is 6.92 Å². The highest BCUT2D eigenvalue weighted by atomic mass is 19.1. The summed E-state index contributed by atoms with van der Waals surface area (Å²) < 4.78 is 15.3. The van der Waals surface area contributed by atoms with Gasteiger partial charge in [-0.05, 0) is 66.6 Å². The first-order chi connectivity index (χ1) is 16.6. The molecule has 6 rings (SSSR count). The minimum atomic E-state index is -0.267. The van der Waals surface area contributed by atoms with Crippen molar-refractivity contribution in [2.75, 3.05) is 0 Å². The average molecular weight is 446 g/mol. The monoisotopic (exact) mass is 446 g/mol. The topological polar surface area (TPSA) is 63.6 Å². The van der Waals surface area contributed by atoms with Gasteiger partial charge in [-0.1, -0.05) is 24.3 Å². The predicted octanol–water partition coefficient (Wildman–Crippen LogP) is 6.25. The summed E-state index contributed by atoms with van der Waals surface area (Å²) in [5.41, 5.74) is 6.69. The van der Waals surface area contributed by atoms with Gasteiger partial charge in [0.1, 0.15) is 17.2 Å². The highest BCUT2D eigenvalue weighted by Crippen LogP contribution is 2.28. The van der Waals surface area contributed by atoms with Crippen molar-refractivity contribution >= 4 is 27.7 Å². The van der Waals surface area contributed by atoms with Crippen molar-refractivity contribution < 1.29 is 9.18 Å². The van der Waals surface area contributed by atoms with Gasteiger partial charge in [-0.2, -0.15) is 0 Å². The van der Waals surface area contributed by atoms with E-state index in [4.69, 9.17) is 0 Å². The Morgan fingerprint density at radius 2 is 1.71 bits per heavy atom. The maximum absolute atomic E-state index is 13.3. The van der Waals surface area contributed by atoms with Gasteiger partial charge in [0, 0.05) is 40.1 Å². The molecule has 0 aliphatic heterocycles. The van der Waals surface area contributed by atoms with E-state index in [1.165, 1.54) is 12.1 Å². The highest BCUT2D eigenvalue weighted by Gasteiger charge is 2.16. The maximum atomic E-state index is 13.3. The number of aromatic nitrogens is 4. The number of rotatable bonds is 4. The van der Waals surface area contributed by atoms with Crippen LogP contribution in [-0.2, 0) is 0 Å². The van der Waals surface area contributed by atoms with Crippen LogP contribution >= 0.6 is 0 Å². The molecule has 0 atom stereocenters. The van der Waals surface area contributed by atoms with Crippen LogP contribution < -0.4 is 0 Å². The van der Waals surface area contributed by atoms with Gasteiger partial charge in [0.2, 0.25) is 0 Å². The van der Waals surface area contributed by atoms with E-state index in [2.05, 4.69) is 15.0 Å². The molecule has 0 aliphatic carbocycles. The van der Waals surface area contributed by atoms with Crippen molar-refractivity contribution in [3.8, 4) is 16.8 Å². The number of carbonyl (C=O) groups is 1. The van der Waals surface area contributed by atoms with E-state index in [9.17, 15) is 9.18 Å². The number of halogens is 1. The van der Waals surface area contributed by atoms with E-state index in [1.807, 2.05) is 60.0 Å². The van der Waals surface area contributed by atoms with Crippen molar-refractivity contribution in [2.24, 2.45) is 0 Å². The molecule has 6 heteroatoms. The van der Waals surface area contributed by atoms with Crippen LogP contribution in [0.1, 0.15) is 21.7 Å². The summed E-state index contributed by atoms with van der Waals surface area (Å²) in [5.74, 6) is 0.538. The molecule has 0 saturated carbocycles. The number of ketones is 1. The molecule has 0 aliphatic rings. The highest BCUT2D eigenvalue weighted by molar-refractivity contribution is 6.16. The van der Waals surface area contributed by atoms with E-state index in [0.717, 1.165) is 44.6 Å². The quantitative estimate of drug-likeness (QED) is 0.326. The van der Waals surface area contributed by atoms with Crippen LogP contribution in [0.25, 0.3) is 38.8 Å². The Morgan fingerprint density at radius 3 is 2.50 bits per heavy atom.